The topological polar surface area (TPSA) is 40.5 Å². The van der Waals surface area contributed by atoms with Crippen LogP contribution in [0.1, 0.15) is 30.6 Å². The summed E-state index contributed by atoms with van der Waals surface area (Å²) in [4.78, 5) is 13.8. The zero-order chi connectivity index (χ0) is 12.1. The van der Waals surface area contributed by atoms with Crippen molar-refractivity contribution in [1.82, 2.24) is 4.90 Å². The number of aromatic hydroxyl groups is 1. The molecule has 1 N–H and O–H groups in total. The summed E-state index contributed by atoms with van der Waals surface area (Å²) in [5.74, 6) is 0.148. The summed E-state index contributed by atoms with van der Waals surface area (Å²) >= 11 is 2.03. The van der Waals surface area contributed by atoms with E-state index in [1.165, 1.54) is 6.07 Å². The van der Waals surface area contributed by atoms with Crippen LogP contribution in [0.2, 0.25) is 0 Å². The van der Waals surface area contributed by atoms with Gasteiger partial charge in [0.1, 0.15) is 5.75 Å². The summed E-state index contributed by atoms with van der Waals surface area (Å²) in [6.45, 7) is 5.45. The Hall–Kier alpha value is -0.780. The van der Waals surface area contributed by atoms with E-state index in [0.29, 0.717) is 12.1 Å². The van der Waals surface area contributed by atoms with Gasteiger partial charge in [-0.15, -0.1) is 0 Å². The maximum absolute atomic E-state index is 12.0. The number of carbonyl (C=O) groups excluding carboxylic acids is 1. The van der Waals surface area contributed by atoms with Crippen molar-refractivity contribution >= 4 is 28.5 Å². The molecule has 0 fully saturated rings. The number of carbonyl (C=O) groups is 1. The van der Waals surface area contributed by atoms with Gasteiger partial charge in [-0.1, -0.05) is 6.92 Å². The van der Waals surface area contributed by atoms with Gasteiger partial charge in [-0.2, -0.15) is 0 Å². The minimum Gasteiger partial charge on any atom is -0.507 e. The molecule has 0 bridgehead atoms. The third kappa shape index (κ3) is 3.10. The van der Waals surface area contributed by atoms with Crippen molar-refractivity contribution in [2.45, 2.75) is 20.3 Å². The van der Waals surface area contributed by atoms with Crippen molar-refractivity contribution in [3.05, 3.63) is 27.3 Å². The Morgan fingerprint density at radius 2 is 2.12 bits per heavy atom. The van der Waals surface area contributed by atoms with Gasteiger partial charge < -0.3 is 10.0 Å². The first kappa shape index (κ1) is 13.3. The fourth-order valence-corrected chi connectivity index (χ4v) is 1.84. The highest BCUT2D eigenvalue weighted by atomic mass is 127. The Kier molecular flexibility index (Phi) is 5.05. The molecule has 0 heterocycles. The van der Waals surface area contributed by atoms with Gasteiger partial charge in [-0.3, -0.25) is 4.79 Å². The molecule has 0 aliphatic carbocycles. The molecule has 0 saturated carbocycles. The fraction of sp³-hybridized carbons (Fsp3) is 0.417. The standard InChI is InChI=1S/C12H16INO2/c1-3-7-14(4-2)12(16)9-5-6-10(13)11(15)8-9/h5-6,8,15H,3-4,7H2,1-2H3. The van der Waals surface area contributed by atoms with Crippen LogP contribution >= 0.6 is 22.6 Å². The lowest BCUT2D eigenvalue weighted by Gasteiger charge is -2.20. The number of phenolic OH excluding ortho intramolecular Hbond substituents is 1. The number of hydrogen-bond donors (Lipinski definition) is 1. The Balaban J connectivity index is 2.90. The third-order valence-electron chi connectivity index (χ3n) is 2.36. The molecule has 4 heteroatoms. The van der Waals surface area contributed by atoms with Crippen molar-refractivity contribution in [3.63, 3.8) is 0 Å². The van der Waals surface area contributed by atoms with Crippen LogP contribution in [-0.4, -0.2) is 29.0 Å². The molecule has 0 radical (unpaired) electrons. The van der Waals surface area contributed by atoms with Gasteiger partial charge in [-0.05, 0) is 54.1 Å². The quantitative estimate of drug-likeness (QED) is 0.861. The van der Waals surface area contributed by atoms with Crippen molar-refractivity contribution in [2.75, 3.05) is 13.1 Å². The van der Waals surface area contributed by atoms with Crippen molar-refractivity contribution in [3.8, 4) is 5.75 Å². The largest absolute Gasteiger partial charge is 0.507 e. The van der Waals surface area contributed by atoms with Crippen molar-refractivity contribution < 1.29 is 9.90 Å². The molecule has 16 heavy (non-hydrogen) atoms. The molecule has 1 aromatic rings. The SMILES string of the molecule is CCCN(CC)C(=O)c1ccc(I)c(O)c1. The fourth-order valence-electron chi connectivity index (χ4n) is 1.50. The number of phenols is 1. The van der Waals surface area contributed by atoms with E-state index in [1.54, 1.807) is 17.0 Å². The molecule has 0 saturated heterocycles. The lowest BCUT2D eigenvalue weighted by Crippen LogP contribution is -2.31. The smallest absolute Gasteiger partial charge is 0.253 e. The molecule has 0 aliphatic heterocycles. The molecular formula is C12H16INO2. The molecule has 0 aliphatic rings. The van der Waals surface area contributed by atoms with Crippen molar-refractivity contribution in [2.24, 2.45) is 0 Å². The average molecular weight is 333 g/mol. The summed E-state index contributed by atoms with van der Waals surface area (Å²) in [5.41, 5.74) is 0.549. The van der Waals surface area contributed by atoms with Crippen LogP contribution < -0.4 is 0 Å². The third-order valence-corrected chi connectivity index (χ3v) is 3.27. The zero-order valence-corrected chi connectivity index (χ0v) is 11.7. The maximum atomic E-state index is 12.0. The summed E-state index contributed by atoms with van der Waals surface area (Å²) in [5, 5.41) is 9.56. The van der Waals surface area contributed by atoms with Gasteiger partial charge in [0.25, 0.3) is 5.91 Å². The Morgan fingerprint density at radius 3 is 2.62 bits per heavy atom. The van der Waals surface area contributed by atoms with E-state index < -0.39 is 0 Å². The lowest BCUT2D eigenvalue weighted by atomic mass is 10.2. The molecule has 0 unspecified atom stereocenters. The lowest BCUT2D eigenvalue weighted by molar-refractivity contribution is 0.0764. The van der Waals surface area contributed by atoms with Gasteiger partial charge in [-0.25, -0.2) is 0 Å². The molecule has 1 aromatic carbocycles. The monoisotopic (exact) mass is 333 g/mol. The van der Waals surface area contributed by atoms with Crippen molar-refractivity contribution in [1.29, 1.82) is 0 Å². The molecule has 1 rings (SSSR count). The first-order valence-corrected chi connectivity index (χ1v) is 6.45. The predicted octanol–water partition coefficient (Wildman–Crippen LogP) is 2.87. The first-order chi connectivity index (χ1) is 7.60. The molecule has 0 aromatic heterocycles. The van der Waals surface area contributed by atoms with E-state index in [-0.39, 0.29) is 11.7 Å². The minimum atomic E-state index is -0.0175. The maximum Gasteiger partial charge on any atom is 0.253 e. The van der Waals surface area contributed by atoms with Crippen LogP contribution in [0.3, 0.4) is 0 Å². The van der Waals surface area contributed by atoms with Crippen LogP contribution in [0.5, 0.6) is 5.75 Å². The summed E-state index contributed by atoms with van der Waals surface area (Å²) < 4.78 is 0.757. The molecule has 0 atom stereocenters. The Labute approximate surface area is 110 Å². The van der Waals surface area contributed by atoms with Crippen LogP contribution in [0.4, 0.5) is 0 Å². The van der Waals surface area contributed by atoms with E-state index >= 15 is 0 Å². The molecule has 1 amide bonds. The number of nitrogens with zero attached hydrogens (tertiary/aromatic N) is 1. The highest BCUT2D eigenvalue weighted by molar-refractivity contribution is 14.1. The van der Waals surface area contributed by atoms with Gasteiger partial charge >= 0.3 is 0 Å². The first-order valence-electron chi connectivity index (χ1n) is 5.38. The number of amides is 1. The van der Waals surface area contributed by atoms with Gasteiger partial charge in [0.05, 0.1) is 3.57 Å². The number of halogens is 1. The van der Waals surface area contributed by atoms with E-state index in [9.17, 15) is 9.90 Å². The second kappa shape index (κ2) is 6.08. The van der Waals surface area contributed by atoms with E-state index in [1.807, 2.05) is 36.4 Å². The van der Waals surface area contributed by atoms with Crippen LogP contribution in [0.25, 0.3) is 0 Å². The average Bonchev–Trinajstić information content (AvgIpc) is 2.28. The van der Waals surface area contributed by atoms with E-state index in [4.69, 9.17) is 0 Å². The Morgan fingerprint density at radius 1 is 1.44 bits per heavy atom. The van der Waals surface area contributed by atoms with Gasteiger partial charge in [0, 0.05) is 18.7 Å². The molecular weight excluding hydrogens is 317 g/mol. The van der Waals surface area contributed by atoms with E-state index in [0.717, 1.165) is 16.5 Å². The number of rotatable bonds is 4. The molecule has 3 nitrogen and oxygen atoms in total. The molecule has 88 valence electrons. The van der Waals surface area contributed by atoms with Crippen LogP contribution in [0.15, 0.2) is 18.2 Å². The van der Waals surface area contributed by atoms with Gasteiger partial charge in [0.15, 0.2) is 0 Å². The normalized spacial score (nSPS) is 10.2. The van der Waals surface area contributed by atoms with Gasteiger partial charge in [0.2, 0.25) is 0 Å². The van der Waals surface area contributed by atoms with Crippen LogP contribution in [0, 0.1) is 3.57 Å². The summed E-state index contributed by atoms with van der Waals surface area (Å²) in [6, 6.07) is 5.04. The zero-order valence-electron chi connectivity index (χ0n) is 9.53. The minimum absolute atomic E-state index is 0.0175. The molecule has 0 spiro atoms. The summed E-state index contributed by atoms with van der Waals surface area (Å²) in [7, 11) is 0. The second-order valence-electron chi connectivity index (χ2n) is 3.55. The second-order valence-corrected chi connectivity index (χ2v) is 4.71. The summed E-state index contributed by atoms with van der Waals surface area (Å²) in [6.07, 6.45) is 0.940. The predicted molar refractivity (Wildman–Crippen MR) is 72.7 cm³/mol. The van der Waals surface area contributed by atoms with Crippen LogP contribution in [-0.2, 0) is 0 Å². The Bertz CT molecular complexity index is 379. The number of hydrogen-bond acceptors (Lipinski definition) is 2. The highest BCUT2D eigenvalue weighted by Crippen LogP contribution is 2.21. The highest BCUT2D eigenvalue weighted by Gasteiger charge is 2.14. The number of benzene rings is 1. The van der Waals surface area contributed by atoms with E-state index in [2.05, 4.69) is 0 Å².